The van der Waals surface area contributed by atoms with Gasteiger partial charge >= 0.3 is 6.03 Å². The van der Waals surface area contributed by atoms with Crippen LogP contribution < -0.4 is 5.32 Å². The van der Waals surface area contributed by atoms with Crippen molar-refractivity contribution in [1.82, 2.24) is 19.8 Å². The van der Waals surface area contributed by atoms with Crippen LogP contribution in [0.15, 0.2) is 48.0 Å². The Kier molecular flexibility index (Phi) is 4.94. The Labute approximate surface area is 164 Å². The molecule has 9 nitrogen and oxygen atoms in total. The maximum absolute atomic E-state index is 12.8. The molecule has 142 valence electrons. The van der Waals surface area contributed by atoms with Gasteiger partial charge < -0.3 is 9.80 Å². The Balaban J connectivity index is 1.38. The largest absolute Gasteiger partial charge is 0.334 e. The molecule has 1 fully saturated rings. The third kappa shape index (κ3) is 3.67. The van der Waals surface area contributed by atoms with Gasteiger partial charge in [0.15, 0.2) is 5.82 Å². The number of fused-ring (bicyclic) bond motifs is 1. The van der Waals surface area contributed by atoms with Gasteiger partial charge in [-0.05, 0) is 34.8 Å². The second-order valence-corrected chi connectivity index (χ2v) is 7.31. The highest BCUT2D eigenvalue weighted by Crippen LogP contribution is 2.30. The first-order valence-electron chi connectivity index (χ1n) is 8.62. The molecule has 4 rings (SSSR count). The summed E-state index contributed by atoms with van der Waals surface area (Å²) in [6.07, 6.45) is 4.51. The van der Waals surface area contributed by atoms with E-state index in [9.17, 15) is 14.5 Å². The third-order valence-electron chi connectivity index (χ3n) is 4.47. The number of amides is 3. The van der Waals surface area contributed by atoms with Gasteiger partial charge in [-0.2, -0.15) is 0 Å². The van der Waals surface area contributed by atoms with Gasteiger partial charge in [0.2, 0.25) is 0 Å². The molecule has 0 saturated carbocycles. The molecule has 0 bridgehead atoms. The molecule has 3 heterocycles. The standard InChI is InChI=1S/C18H16N6O3S/c25-17(15-10-12-9-13(22-27)1-2-14(12)28-15)23-5-7-24(8-6-23)18(26)21-16-11-19-3-4-20-16/h1-4,9-11H,5-8H2,(H,20,21,26). The fourth-order valence-corrected chi connectivity index (χ4v) is 4.02. The minimum Gasteiger partial charge on any atom is -0.334 e. The van der Waals surface area contributed by atoms with Crippen LogP contribution in [0.1, 0.15) is 9.67 Å². The van der Waals surface area contributed by atoms with E-state index in [-0.39, 0.29) is 11.9 Å². The van der Waals surface area contributed by atoms with Crippen LogP contribution >= 0.6 is 11.3 Å². The average Bonchev–Trinajstić information content (AvgIpc) is 3.17. The Bertz CT molecular complexity index is 1030. The van der Waals surface area contributed by atoms with Gasteiger partial charge in [0.05, 0.1) is 11.1 Å². The summed E-state index contributed by atoms with van der Waals surface area (Å²) in [7, 11) is 0. The second-order valence-electron chi connectivity index (χ2n) is 6.22. The summed E-state index contributed by atoms with van der Waals surface area (Å²) in [6, 6.07) is 6.62. The number of aromatic nitrogens is 2. The van der Waals surface area contributed by atoms with Crippen LogP contribution in [0.4, 0.5) is 16.3 Å². The molecule has 0 radical (unpaired) electrons. The molecule has 0 unspecified atom stereocenters. The van der Waals surface area contributed by atoms with Crippen LogP contribution in [0.3, 0.4) is 0 Å². The van der Waals surface area contributed by atoms with E-state index in [4.69, 9.17) is 0 Å². The highest BCUT2D eigenvalue weighted by atomic mass is 32.1. The minimum atomic E-state index is -0.261. The van der Waals surface area contributed by atoms with E-state index in [0.717, 1.165) is 10.1 Å². The zero-order valence-electron chi connectivity index (χ0n) is 14.7. The fourth-order valence-electron chi connectivity index (χ4n) is 3.01. The van der Waals surface area contributed by atoms with Crippen molar-refractivity contribution in [3.63, 3.8) is 0 Å². The van der Waals surface area contributed by atoms with Gasteiger partial charge in [0.1, 0.15) is 5.69 Å². The SMILES string of the molecule is O=Nc1ccc2sc(C(=O)N3CCN(C(=O)Nc4cnccn4)CC3)cc2c1. The molecule has 2 aromatic heterocycles. The van der Waals surface area contributed by atoms with E-state index < -0.39 is 0 Å². The summed E-state index contributed by atoms with van der Waals surface area (Å²) in [5.41, 5.74) is 0.340. The van der Waals surface area contributed by atoms with Crippen molar-refractivity contribution in [3.8, 4) is 0 Å². The molecular formula is C18H16N6O3S. The molecular weight excluding hydrogens is 380 g/mol. The predicted molar refractivity (Wildman–Crippen MR) is 106 cm³/mol. The number of carbonyl (C=O) groups is 2. The van der Waals surface area contributed by atoms with Crippen molar-refractivity contribution in [2.45, 2.75) is 0 Å². The van der Waals surface area contributed by atoms with Crippen molar-refractivity contribution >= 4 is 44.9 Å². The molecule has 0 atom stereocenters. The van der Waals surface area contributed by atoms with Crippen LogP contribution in [0.2, 0.25) is 0 Å². The number of benzene rings is 1. The Hall–Kier alpha value is -3.40. The van der Waals surface area contributed by atoms with Gasteiger partial charge in [0, 0.05) is 43.3 Å². The molecule has 1 saturated heterocycles. The first-order valence-corrected chi connectivity index (χ1v) is 9.44. The smallest absolute Gasteiger partial charge is 0.323 e. The summed E-state index contributed by atoms with van der Waals surface area (Å²) in [6.45, 7) is 1.76. The van der Waals surface area contributed by atoms with Gasteiger partial charge in [-0.15, -0.1) is 16.2 Å². The highest BCUT2D eigenvalue weighted by molar-refractivity contribution is 7.20. The second kappa shape index (κ2) is 7.69. The quantitative estimate of drug-likeness (QED) is 0.685. The van der Waals surface area contributed by atoms with E-state index in [1.807, 2.05) is 0 Å². The van der Waals surface area contributed by atoms with E-state index in [2.05, 4.69) is 20.5 Å². The van der Waals surface area contributed by atoms with Crippen molar-refractivity contribution in [2.75, 3.05) is 31.5 Å². The van der Waals surface area contributed by atoms with E-state index in [1.165, 1.54) is 29.9 Å². The summed E-state index contributed by atoms with van der Waals surface area (Å²) in [5, 5.41) is 6.45. The lowest BCUT2D eigenvalue weighted by atomic mass is 10.2. The Morgan fingerprint density at radius 2 is 1.86 bits per heavy atom. The summed E-state index contributed by atoms with van der Waals surface area (Å²) in [4.78, 5) is 47.7. The molecule has 0 spiro atoms. The van der Waals surface area contributed by atoms with E-state index in [1.54, 1.807) is 34.1 Å². The van der Waals surface area contributed by atoms with E-state index in [0.29, 0.717) is 42.6 Å². The number of thiophene rings is 1. The molecule has 3 aromatic rings. The Morgan fingerprint density at radius 1 is 1.07 bits per heavy atom. The maximum atomic E-state index is 12.8. The number of anilines is 1. The summed E-state index contributed by atoms with van der Waals surface area (Å²) >= 11 is 1.38. The molecule has 10 heteroatoms. The van der Waals surface area contributed by atoms with Gasteiger partial charge in [-0.25, -0.2) is 9.78 Å². The first-order chi connectivity index (χ1) is 13.6. The van der Waals surface area contributed by atoms with Crippen LogP contribution in [0.5, 0.6) is 0 Å². The predicted octanol–water partition coefficient (Wildman–Crippen LogP) is 3.08. The molecule has 28 heavy (non-hydrogen) atoms. The number of urea groups is 1. The van der Waals surface area contributed by atoms with Crippen LogP contribution in [0.25, 0.3) is 10.1 Å². The molecule has 0 aliphatic carbocycles. The molecule has 1 aliphatic rings. The summed E-state index contributed by atoms with van der Waals surface area (Å²) < 4.78 is 0.928. The average molecular weight is 396 g/mol. The van der Waals surface area contributed by atoms with E-state index >= 15 is 0 Å². The number of hydrogen-bond acceptors (Lipinski definition) is 7. The maximum Gasteiger partial charge on any atom is 0.323 e. The monoisotopic (exact) mass is 396 g/mol. The lowest BCUT2D eigenvalue weighted by Gasteiger charge is -2.34. The molecule has 1 aliphatic heterocycles. The van der Waals surface area contributed by atoms with Crippen molar-refractivity contribution in [2.24, 2.45) is 5.18 Å². The molecule has 1 N–H and O–H groups in total. The number of rotatable bonds is 3. The van der Waals surface area contributed by atoms with Crippen LogP contribution in [-0.2, 0) is 0 Å². The first kappa shape index (κ1) is 18.0. The van der Waals surface area contributed by atoms with Crippen LogP contribution in [-0.4, -0.2) is 57.9 Å². The third-order valence-corrected chi connectivity index (χ3v) is 5.57. The minimum absolute atomic E-state index is 0.0733. The Morgan fingerprint density at radius 3 is 2.57 bits per heavy atom. The number of nitrogens with zero attached hydrogens (tertiary/aromatic N) is 5. The zero-order valence-corrected chi connectivity index (χ0v) is 15.6. The lowest BCUT2D eigenvalue weighted by Crippen LogP contribution is -2.51. The van der Waals surface area contributed by atoms with Crippen molar-refractivity contribution < 1.29 is 9.59 Å². The fraction of sp³-hybridized carbons (Fsp3) is 0.222. The number of carbonyl (C=O) groups excluding carboxylic acids is 2. The van der Waals surface area contributed by atoms with Gasteiger partial charge in [0.25, 0.3) is 5.91 Å². The van der Waals surface area contributed by atoms with Crippen molar-refractivity contribution in [3.05, 3.63) is 52.6 Å². The number of hydrogen-bond donors (Lipinski definition) is 1. The number of piperazine rings is 1. The van der Waals surface area contributed by atoms with Gasteiger partial charge in [-0.1, -0.05) is 0 Å². The number of nitrogens with one attached hydrogen (secondary N) is 1. The lowest BCUT2D eigenvalue weighted by molar-refractivity contribution is 0.0676. The normalized spacial score (nSPS) is 14.1. The van der Waals surface area contributed by atoms with Gasteiger partial charge in [-0.3, -0.25) is 15.1 Å². The zero-order chi connectivity index (χ0) is 19.5. The summed E-state index contributed by atoms with van der Waals surface area (Å²) in [5.74, 6) is 0.316. The topological polar surface area (TPSA) is 108 Å². The number of nitroso groups, excluding NO2 is 1. The highest BCUT2D eigenvalue weighted by Gasteiger charge is 2.26. The van der Waals surface area contributed by atoms with Crippen LogP contribution in [0, 0.1) is 4.91 Å². The molecule has 1 aromatic carbocycles. The van der Waals surface area contributed by atoms with Crippen molar-refractivity contribution in [1.29, 1.82) is 0 Å². The molecule has 3 amide bonds.